The molecule has 0 aliphatic rings. The lowest BCUT2D eigenvalue weighted by Crippen LogP contribution is -2.27. The quantitative estimate of drug-likeness (QED) is 0.672. The second-order valence-corrected chi connectivity index (χ2v) is 7.28. The van der Waals surface area contributed by atoms with Crippen molar-refractivity contribution >= 4 is 23.4 Å². The van der Waals surface area contributed by atoms with Gasteiger partial charge in [-0.15, -0.1) is 13.2 Å². The van der Waals surface area contributed by atoms with Crippen molar-refractivity contribution in [2.75, 3.05) is 5.32 Å². The monoisotopic (exact) mass is 417 g/mol. The normalized spacial score (nSPS) is 13.0. The zero-order chi connectivity index (χ0) is 21.1. The van der Waals surface area contributed by atoms with Gasteiger partial charge in [0.25, 0.3) is 0 Å². The molecule has 0 spiro atoms. The molecule has 2 rings (SSSR count). The Kier molecular flexibility index (Phi) is 6.46. The van der Waals surface area contributed by atoms with Gasteiger partial charge in [0, 0.05) is 16.1 Å². The van der Waals surface area contributed by atoms with Crippen LogP contribution >= 0.6 is 11.6 Å². The van der Waals surface area contributed by atoms with Crippen molar-refractivity contribution in [1.29, 1.82) is 0 Å². The number of para-hydroxylation sites is 1. The number of carbonyl (C=O) groups excluding carboxylic acids is 1. The standard InChI is InChI=1S/C19H19ClF3NO4/c1-18(2,3)28-17(26)24-14-9-8-11(20)10-13(14)16(25)12-6-4-5-7-15(12)27-19(21,22)23/h4-10,16,25H,1-3H3,(H,24,26)/t16-/m1/s1. The largest absolute Gasteiger partial charge is 0.573 e. The van der Waals surface area contributed by atoms with Crippen LogP contribution in [0.3, 0.4) is 0 Å². The fourth-order valence-electron chi connectivity index (χ4n) is 2.38. The van der Waals surface area contributed by atoms with Crippen molar-refractivity contribution < 1.29 is 32.5 Å². The van der Waals surface area contributed by atoms with Crippen LogP contribution in [-0.4, -0.2) is 23.2 Å². The van der Waals surface area contributed by atoms with Gasteiger partial charge in [0.1, 0.15) is 17.5 Å². The first-order valence-corrected chi connectivity index (χ1v) is 8.56. The van der Waals surface area contributed by atoms with E-state index in [2.05, 4.69) is 10.1 Å². The Balaban J connectivity index is 2.40. The lowest BCUT2D eigenvalue weighted by atomic mass is 9.99. The number of alkyl halides is 3. The van der Waals surface area contributed by atoms with Crippen molar-refractivity contribution in [2.45, 2.75) is 38.8 Å². The van der Waals surface area contributed by atoms with Crippen LogP contribution in [0.2, 0.25) is 5.02 Å². The summed E-state index contributed by atoms with van der Waals surface area (Å²) in [5.74, 6) is -0.564. The summed E-state index contributed by atoms with van der Waals surface area (Å²) in [4.78, 5) is 12.1. The van der Waals surface area contributed by atoms with E-state index in [9.17, 15) is 23.1 Å². The van der Waals surface area contributed by atoms with Crippen molar-refractivity contribution in [1.82, 2.24) is 0 Å². The van der Waals surface area contributed by atoms with Crippen molar-refractivity contribution in [3.63, 3.8) is 0 Å². The van der Waals surface area contributed by atoms with E-state index in [1.165, 1.54) is 36.4 Å². The highest BCUT2D eigenvalue weighted by Crippen LogP contribution is 2.37. The Morgan fingerprint density at radius 1 is 1.11 bits per heavy atom. The highest BCUT2D eigenvalue weighted by molar-refractivity contribution is 6.30. The average molecular weight is 418 g/mol. The number of hydrogen-bond donors (Lipinski definition) is 2. The third-order valence-corrected chi connectivity index (χ3v) is 3.62. The SMILES string of the molecule is CC(C)(C)OC(=O)Nc1ccc(Cl)cc1[C@H](O)c1ccccc1OC(F)(F)F. The number of aliphatic hydroxyl groups excluding tert-OH is 1. The number of amides is 1. The molecule has 28 heavy (non-hydrogen) atoms. The fraction of sp³-hybridized carbons (Fsp3) is 0.316. The fourth-order valence-corrected chi connectivity index (χ4v) is 2.56. The second-order valence-electron chi connectivity index (χ2n) is 6.85. The number of ether oxygens (including phenoxy) is 2. The molecule has 0 aliphatic carbocycles. The summed E-state index contributed by atoms with van der Waals surface area (Å²) < 4.78 is 47.1. The maximum absolute atomic E-state index is 12.7. The summed E-state index contributed by atoms with van der Waals surface area (Å²) in [5, 5.41) is 13.4. The van der Waals surface area contributed by atoms with Crippen LogP contribution in [0, 0.1) is 0 Å². The molecule has 0 unspecified atom stereocenters. The molecule has 2 aromatic rings. The van der Waals surface area contributed by atoms with E-state index >= 15 is 0 Å². The third kappa shape index (κ3) is 6.31. The van der Waals surface area contributed by atoms with E-state index in [-0.39, 0.29) is 21.8 Å². The maximum atomic E-state index is 12.7. The Morgan fingerprint density at radius 3 is 2.36 bits per heavy atom. The van der Waals surface area contributed by atoms with E-state index < -0.39 is 29.9 Å². The van der Waals surface area contributed by atoms with Gasteiger partial charge in [0.05, 0.1) is 5.69 Å². The molecule has 2 N–H and O–H groups in total. The van der Waals surface area contributed by atoms with Gasteiger partial charge in [-0.3, -0.25) is 5.32 Å². The number of carbonyl (C=O) groups is 1. The highest BCUT2D eigenvalue weighted by Gasteiger charge is 2.33. The number of rotatable bonds is 4. The van der Waals surface area contributed by atoms with Crippen molar-refractivity contribution in [3.8, 4) is 5.75 Å². The molecule has 1 amide bonds. The first-order chi connectivity index (χ1) is 12.9. The predicted octanol–water partition coefficient (Wildman–Crippen LogP) is 5.67. The summed E-state index contributed by atoms with van der Waals surface area (Å²) >= 11 is 5.97. The molecular formula is C19H19ClF3NO4. The molecule has 0 aliphatic heterocycles. The van der Waals surface area contributed by atoms with Gasteiger partial charge >= 0.3 is 12.5 Å². The summed E-state index contributed by atoms with van der Waals surface area (Å²) in [7, 11) is 0. The van der Waals surface area contributed by atoms with Gasteiger partial charge in [-0.05, 0) is 45.0 Å². The Hall–Kier alpha value is -2.45. The number of nitrogens with one attached hydrogen (secondary N) is 1. The van der Waals surface area contributed by atoms with Gasteiger partial charge in [0.2, 0.25) is 0 Å². The molecular weight excluding hydrogens is 399 g/mol. The Morgan fingerprint density at radius 2 is 1.75 bits per heavy atom. The van der Waals surface area contributed by atoms with Gasteiger partial charge in [0.15, 0.2) is 0 Å². The van der Waals surface area contributed by atoms with Crippen molar-refractivity contribution in [3.05, 3.63) is 58.6 Å². The van der Waals surface area contributed by atoms with E-state index in [4.69, 9.17) is 16.3 Å². The molecule has 0 saturated carbocycles. The van der Waals surface area contributed by atoms with Crippen LogP contribution < -0.4 is 10.1 Å². The molecule has 0 fully saturated rings. The first kappa shape index (κ1) is 21.8. The van der Waals surface area contributed by atoms with Crippen LogP contribution in [0.25, 0.3) is 0 Å². The average Bonchev–Trinajstić information content (AvgIpc) is 2.53. The highest BCUT2D eigenvalue weighted by atomic mass is 35.5. The van der Waals surface area contributed by atoms with Crippen LogP contribution in [0.1, 0.15) is 38.0 Å². The van der Waals surface area contributed by atoms with E-state index in [0.717, 1.165) is 6.07 Å². The van der Waals surface area contributed by atoms with Gasteiger partial charge in [-0.25, -0.2) is 4.79 Å². The minimum Gasteiger partial charge on any atom is -0.444 e. The number of anilines is 1. The number of halogens is 4. The first-order valence-electron chi connectivity index (χ1n) is 8.18. The smallest absolute Gasteiger partial charge is 0.444 e. The summed E-state index contributed by atoms with van der Waals surface area (Å²) in [6.07, 6.45) is -7.27. The minimum absolute atomic E-state index is 0.0802. The zero-order valence-corrected chi connectivity index (χ0v) is 16.1. The number of hydrogen-bond acceptors (Lipinski definition) is 4. The molecule has 0 bridgehead atoms. The third-order valence-electron chi connectivity index (χ3n) is 3.38. The zero-order valence-electron chi connectivity index (χ0n) is 15.3. The molecule has 9 heteroatoms. The van der Waals surface area contributed by atoms with Gasteiger partial charge in [-0.1, -0.05) is 29.8 Å². The maximum Gasteiger partial charge on any atom is 0.573 e. The van der Waals surface area contributed by atoms with E-state index in [0.29, 0.717) is 0 Å². The Bertz CT molecular complexity index is 850. The lowest BCUT2D eigenvalue weighted by molar-refractivity contribution is -0.275. The number of benzene rings is 2. The second kappa shape index (κ2) is 8.28. The summed E-state index contributed by atoms with van der Waals surface area (Å²) in [6.45, 7) is 5.03. The Labute approximate surface area is 165 Å². The number of aliphatic hydroxyl groups is 1. The van der Waals surface area contributed by atoms with Crippen LogP contribution in [-0.2, 0) is 4.74 Å². The van der Waals surface area contributed by atoms with Crippen LogP contribution in [0.5, 0.6) is 5.75 Å². The van der Waals surface area contributed by atoms with E-state index in [1.807, 2.05) is 0 Å². The van der Waals surface area contributed by atoms with Gasteiger partial charge in [-0.2, -0.15) is 0 Å². The summed E-state index contributed by atoms with van der Waals surface area (Å²) in [6, 6.07) is 9.37. The molecule has 152 valence electrons. The molecule has 5 nitrogen and oxygen atoms in total. The summed E-state index contributed by atoms with van der Waals surface area (Å²) in [5.41, 5.74) is -0.693. The molecule has 0 heterocycles. The minimum atomic E-state index is -4.93. The van der Waals surface area contributed by atoms with Crippen molar-refractivity contribution in [2.24, 2.45) is 0 Å². The molecule has 0 saturated heterocycles. The lowest BCUT2D eigenvalue weighted by Gasteiger charge is -2.22. The predicted molar refractivity (Wildman–Crippen MR) is 98.5 cm³/mol. The topological polar surface area (TPSA) is 67.8 Å². The van der Waals surface area contributed by atoms with Crippen LogP contribution in [0.4, 0.5) is 23.7 Å². The molecule has 2 aromatic carbocycles. The molecule has 0 radical (unpaired) electrons. The van der Waals surface area contributed by atoms with Crippen LogP contribution in [0.15, 0.2) is 42.5 Å². The molecule has 0 aromatic heterocycles. The van der Waals surface area contributed by atoms with Gasteiger partial charge < -0.3 is 14.6 Å². The molecule has 1 atom stereocenters. The van der Waals surface area contributed by atoms with E-state index in [1.54, 1.807) is 20.8 Å².